The summed E-state index contributed by atoms with van der Waals surface area (Å²) in [5.41, 5.74) is 2.07. The number of halogens is 5. The van der Waals surface area contributed by atoms with Gasteiger partial charge in [-0.25, -0.2) is 22.0 Å². The van der Waals surface area contributed by atoms with E-state index in [4.69, 9.17) is 0 Å². The van der Waals surface area contributed by atoms with Crippen molar-refractivity contribution in [3.8, 4) is 33.4 Å². The average Bonchev–Trinajstić information content (AvgIpc) is 2.76. The van der Waals surface area contributed by atoms with Gasteiger partial charge in [-0.1, -0.05) is 55.8 Å². The van der Waals surface area contributed by atoms with Gasteiger partial charge in [0.2, 0.25) is 0 Å². The number of hydrogen-bond acceptors (Lipinski definition) is 0. The molecular weight excluding hydrogens is 419 g/mol. The lowest BCUT2D eigenvalue weighted by Crippen LogP contribution is -1.95. The second kappa shape index (κ2) is 8.95. The summed E-state index contributed by atoms with van der Waals surface area (Å²) in [6.45, 7) is 2.10. The molecule has 0 nitrogen and oxygen atoms in total. The molecule has 0 bridgehead atoms. The summed E-state index contributed by atoms with van der Waals surface area (Å²) in [6, 6.07) is 16.9. The topological polar surface area (TPSA) is 0 Å². The lowest BCUT2D eigenvalue weighted by Gasteiger charge is -2.11. The zero-order chi connectivity index (χ0) is 22.8. The van der Waals surface area contributed by atoms with E-state index in [0.717, 1.165) is 48.7 Å². The van der Waals surface area contributed by atoms with Crippen molar-refractivity contribution in [1.29, 1.82) is 0 Å². The van der Waals surface area contributed by atoms with Gasteiger partial charge in [0.1, 0.15) is 17.5 Å². The first-order chi connectivity index (χ1) is 15.4. The molecule has 32 heavy (non-hydrogen) atoms. The molecule has 4 rings (SSSR count). The van der Waals surface area contributed by atoms with Crippen LogP contribution in [0.5, 0.6) is 0 Å². The Hall–Kier alpha value is -3.47. The number of aryl methyl sites for hydroxylation is 1. The van der Waals surface area contributed by atoms with Crippen molar-refractivity contribution < 1.29 is 22.0 Å². The van der Waals surface area contributed by atoms with Crippen LogP contribution in [0.4, 0.5) is 22.0 Å². The van der Waals surface area contributed by atoms with Crippen LogP contribution in [0.1, 0.15) is 18.9 Å². The fourth-order valence-electron chi connectivity index (χ4n) is 3.74. The minimum Gasteiger partial charge on any atom is -0.206 e. The summed E-state index contributed by atoms with van der Waals surface area (Å²) in [4.78, 5) is 0. The van der Waals surface area contributed by atoms with Crippen LogP contribution >= 0.6 is 0 Å². The van der Waals surface area contributed by atoms with Crippen LogP contribution in [0.25, 0.3) is 33.4 Å². The first-order valence-electron chi connectivity index (χ1n) is 10.2. The second-order valence-corrected chi connectivity index (χ2v) is 7.59. The molecule has 0 unspecified atom stereocenters. The molecule has 4 aromatic carbocycles. The van der Waals surface area contributed by atoms with Gasteiger partial charge in [-0.3, -0.25) is 0 Å². The average molecular weight is 438 g/mol. The van der Waals surface area contributed by atoms with Gasteiger partial charge >= 0.3 is 0 Å². The van der Waals surface area contributed by atoms with Gasteiger partial charge in [-0.15, -0.1) is 0 Å². The van der Waals surface area contributed by atoms with Gasteiger partial charge in [-0.2, -0.15) is 0 Å². The lowest BCUT2D eigenvalue weighted by atomic mass is 9.96. The van der Waals surface area contributed by atoms with E-state index in [9.17, 15) is 22.0 Å². The van der Waals surface area contributed by atoms with Gasteiger partial charge < -0.3 is 0 Å². The van der Waals surface area contributed by atoms with E-state index in [-0.39, 0.29) is 16.7 Å². The molecule has 0 amide bonds. The van der Waals surface area contributed by atoms with Crippen molar-refractivity contribution in [2.75, 3.05) is 0 Å². The Bertz CT molecular complexity index is 1250. The third-order valence-corrected chi connectivity index (χ3v) is 5.36. The Morgan fingerprint density at radius 3 is 1.66 bits per heavy atom. The first kappa shape index (κ1) is 21.8. The Morgan fingerprint density at radius 2 is 1.06 bits per heavy atom. The Balaban J connectivity index is 1.68. The van der Waals surface area contributed by atoms with Crippen molar-refractivity contribution in [3.05, 3.63) is 107 Å². The van der Waals surface area contributed by atoms with Crippen molar-refractivity contribution >= 4 is 0 Å². The minimum atomic E-state index is -1.21. The molecule has 0 aliphatic carbocycles. The zero-order valence-electron chi connectivity index (χ0n) is 17.2. The van der Waals surface area contributed by atoms with Gasteiger partial charge in [0.25, 0.3) is 0 Å². The molecule has 5 heteroatoms. The molecule has 0 aliphatic rings. The molecule has 0 saturated carbocycles. The van der Waals surface area contributed by atoms with Crippen LogP contribution in [-0.4, -0.2) is 0 Å². The molecule has 0 heterocycles. The normalized spacial score (nSPS) is 11.1. The zero-order valence-corrected chi connectivity index (χ0v) is 17.2. The number of hydrogen-bond donors (Lipinski definition) is 0. The summed E-state index contributed by atoms with van der Waals surface area (Å²) in [5.74, 6) is -4.95. The molecule has 0 spiro atoms. The largest absolute Gasteiger partial charge is 0.206 e. The molecule has 0 radical (unpaired) electrons. The first-order valence-corrected chi connectivity index (χ1v) is 10.2. The molecular formula is C27H19F5. The Kier molecular flexibility index (Phi) is 6.08. The molecule has 0 saturated heterocycles. The quantitative estimate of drug-likeness (QED) is 0.275. The van der Waals surface area contributed by atoms with E-state index in [1.165, 1.54) is 17.7 Å². The van der Waals surface area contributed by atoms with Gasteiger partial charge in [0, 0.05) is 5.56 Å². The Morgan fingerprint density at radius 1 is 0.500 bits per heavy atom. The highest BCUT2D eigenvalue weighted by molar-refractivity contribution is 5.74. The fraction of sp³-hybridized carbons (Fsp3) is 0.111. The maximum Gasteiger partial charge on any atom is 0.159 e. The third kappa shape index (κ3) is 4.28. The van der Waals surface area contributed by atoms with E-state index < -0.39 is 34.6 Å². The van der Waals surface area contributed by atoms with Crippen LogP contribution in [-0.2, 0) is 6.42 Å². The van der Waals surface area contributed by atoms with E-state index in [2.05, 4.69) is 6.92 Å². The van der Waals surface area contributed by atoms with Crippen LogP contribution in [0, 0.1) is 29.1 Å². The smallest absolute Gasteiger partial charge is 0.159 e. The maximum atomic E-state index is 14.9. The van der Waals surface area contributed by atoms with Gasteiger partial charge in [0.05, 0.1) is 5.56 Å². The predicted molar refractivity (Wildman–Crippen MR) is 117 cm³/mol. The molecule has 0 aliphatic heterocycles. The van der Waals surface area contributed by atoms with E-state index >= 15 is 0 Å². The number of rotatable bonds is 5. The van der Waals surface area contributed by atoms with Gasteiger partial charge in [0.15, 0.2) is 11.6 Å². The molecule has 0 fully saturated rings. The highest BCUT2D eigenvalue weighted by Gasteiger charge is 2.17. The minimum absolute atomic E-state index is 0.00803. The lowest BCUT2D eigenvalue weighted by molar-refractivity contribution is 0.508. The molecule has 0 aromatic heterocycles. The maximum absolute atomic E-state index is 14.9. The second-order valence-electron chi connectivity index (χ2n) is 7.59. The molecule has 162 valence electrons. The predicted octanol–water partition coefficient (Wildman–Crippen LogP) is 8.34. The van der Waals surface area contributed by atoms with E-state index in [1.807, 2.05) is 24.3 Å². The monoisotopic (exact) mass is 438 g/mol. The SMILES string of the molecule is CCCc1ccc(-c2ccc(-c3cc(F)c(-c4ccc(F)c(F)c4)c(F)c3)c(F)c2)cc1. The fourth-order valence-corrected chi connectivity index (χ4v) is 3.74. The standard InChI is InChI=1S/C27H19F5/c1-2-3-16-4-6-17(7-5-16)18-8-10-21(23(29)12-18)20-14-25(31)27(26(32)15-20)19-9-11-22(28)24(30)13-19/h4-15H,2-3H2,1H3. The van der Waals surface area contributed by atoms with Crippen LogP contribution < -0.4 is 0 Å². The number of benzene rings is 4. The molecule has 0 N–H and O–H groups in total. The van der Waals surface area contributed by atoms with Crippen LogP contribution in [0.2, 0.25) is 0 Å². The summed E-state index contributed by atoms with van der Waals surface area (Å²) in [6.07, 6.45) is 2.00. The van der Waals surface area contributed by atoms with E-state index in [1.54, 1.807) is 6.07 Å². The summed E-state index contributed by atoms with van der Waals surface area (Å²) in [7, 11) is 0. The van der Waals surface area contributed by atoms with Crippen LogP contribution in [0.15, 0.2) is 72.8 Å². The van der Waals surface area contributed by atoms with E-state index in [0.29, 0.717) is 5.56 Å². The Labute approximate surface area is 183 Å². The van der Waals surface area contributed by atoms with Crippen molar-refractivity contribution in [2.45, 2.75) is 19.8 Å². The summed E-state index contributed by atoms with van der Waals surface area (Å²) >= 11 is 0. The summed E-state index contributed by atoms with van der Waals surface area (Å²) in [5, 5.41) is 0. The molecule has 4 aromatic rings. The highest BCUT2D eigenvalue weighted by Crippen LogP contribution is 2.34. The summed E-state index contributed by atoms with van der Waals surface area (Å²) < 4.78 is 70.9. The van der Waals surface area contributed by atoms with Gasteiger partial charge in [-0.05, 0) is 64.6 Å². The van der Waals surface area contributed by atoms with Crippen molar-refractivity contribution in [2.24, 2.45) is 0 Å². The third-order valence-electron chi connectivity index (χ3n) is 5.36. The molecule has 0 atom stereocenters. The van der Waals surface area contributed by atoms with Crippen molar-refractivity contribution in [1.82, 2.24) is 0 Å². The van der Waals surface area contributed by atoms with Crippen LogP contribution in [0.3, 0.4) is 0 Å². The highest BCUT2D eigenvalue weighted by atomic mass is 19.2. The van der Waals surface area contributed by atoms with Crippen molar-refractivity contribution in [3.63, 3.8) is 0 Å².